The topological polar surface area (TPSA) is 98.5 Å². The van der Waals surface area contributed by atoms with Crippen molar-refractivity contribution < 1.29 is 17.9 Å². The Morgan fingerprint density at radius 3 is 2.68 bits per heavy atom. The zero-order chi connectivity index (χ0) is 14.5. The van der Waals surface area contributed by atoms with Gasteiger partial charge in [0, 0.05) is 6.42 Å². The average Bonchev–Trinajstić information content (AvgIpc) is 2.33. The summed E-state index contributed by atoms with van der Waals surface area (Å²) < 4.78 is 30.6. The van der Waals surface area contributed by atoms with Crippen LogP contribution in [-0.4, -0.2) is 27.2 Å². The standard InChI is InChI=1S/C12H18N2O4S/c1-9-5-3-6-10(13)12(9)14-19(16,17)8-4-7-11(15)18-2/h3,5-6,14H,4,7-8,13H2,1-2H3. The molecule has 0 heterocycles. The van der Waals surface area contributed by atoms with Crippen molar-refractivity contribution in [3.05, 3.63) is 23.8 Å². The number of nitrogens with one attached hydrogen (secondary N) is 1. The average molecular weight is 286 g/mol. The summed E-state index contributed by atoms with van der Waals surface area (Å²) in [4.78, 5) is 10.9. The van der Waals surface area contributed by atoms with Crippen molar-refractivity contribution in [3.8, 4) is 0 Å². The number of para-hydroxylation sites is 1. The first-order valence-corrected chi connectivity index (χ1v) is 7.43. The van der Waals surface area contributed by atoms with Gasteiger partial charge in [0.2, 0.25) is 10.0 Å². The number of sulfonamides is 1. The molecule has 19 heavy (non-hydrogen) atoms. The highest BCUT2D eigenvalue weighted by molar-refractivity contribution is 7.92. The number of carbonyl (C=O) groups excluding carboxylic acids is 1. The largest absolute Gasteiger partial charge is 0.469 e. The predicted molar refractivity (Wildman–Crippen MR) is 74.3 cm³/mol. The molecular formula is C12H18N2O4S. The second-order valence-electron chi connectivity index (χ2n) is 4.14. The lowest BCUT2D eigenvalue weighted by atomic mass is 10.2. The summed E-state index contributed by atoms with van der Waals surface area (Å²) in [6.07, 6.45) is 0.272. The van der Waals surface area contributed by atoms with Crippen LogP contribution in [0.15, 0.2) is 18.2 Å². The third-order valence-corrected chi connectivity index (χ3v) is 3.93. The Morgan fingerprint density at radius 1 is 1.42 bits per heavy atom. The highest BCUT2D eigenvalue weighted by Crippen LogP contribution is 2.23. The molecule has 1 rings (SSSR count). The molecule has 106 valence electrons. The minimum Gasteiger partial charge on any atom is -0.469 e. The molecule has 3 N–H and O–H groups in total. The van der Waals surface area contributed by atoms with Crippen molar-refractivity contribution in [2.75, 3.05) is 23.3 Å². The lowest BCUT2D eigenvalue weighted by Crippen LogP contribution is -2.19. The Bertz CT molecular complexity index is 535. The zero-order valence-corrected chi connectivity index (χ0v) is 11.8. The Balaban J connectivity index is 2.67. The molecule has 0 aliphatic heterocycles. The predicted octanol–water partition coefficient (Wildman–Crippen LogP) is 1.27. The number of ether oxygens (including phenoxy) is 1. The van der Waals surface area contributed by atoms with Gasteiger partial charge in [0.25, 0.3) is 0 Å². The fourth-order valence-electron chi connectivity index (χ4n) is 1.54. The molecule has 7 heteroatoms. The lowest BCUT2D eigenvalue weighted by Gasteiger charge is -2.12. The third-order valence-electron chi connectivity index (χ3n) is 2.58. The minimum atomic E-state index is -3.52. The van der Waals surface area contributed by atoms with Crippen molar-refractivity contribution >= 4 is 27.4 Å². The first-order valence-electron chi connectivity index (χ1n) is 5.78. The quantitative estimate of drug-likeness (QED) is 0.606. The van der Waals surface area contributed by atoms with Gasteiger partial charge in [0.1, 0.15) is 0 Å². The molecule has 0 aliphatic rings. The van der Waals surface area contributed by atoms with Crippen molar-refractivity contribution in [3.63, 3.8) is 0 Å². The molecule has 0 atom stereocenters. The number of nitrogens with two attached hydrogens (primary N) is 1. The van der Waals surface area contributed by atoms with E-state index in [-0.39, 0.29) is 18.6 Å². The Morgan fingerprint density at radius 2 is 2.11 bits per heavy atom. The number of hydrogen-bond donors (Lipinski definition) is 2. The third kappa shape index (κ3) is 4.78. The number of rotatable bonds is 6. The van der Waals surface area contributed by atoms with Crippen LogP contribution in [0.25, 0.3) is 0 Å². The van der Waals surface area contributed by atoms with E-state index < -0.39 is 16.0 Å². The maximum Gasteiger partial charge on any atom is 0.305 e. The van der Waals surface area contributed by atoms with E-state index in [1.54, 1.807) is 25.1 Å². The maximum atomic E-state index is 11.9. The minimum absolute atomic E-state index is 0.0701. The molecule has 0 amide bonds. The number of hydrogen-bond acceptors (Lipinski definition) is 5. The van der Waals surface area contributed by atoms with Crippen LogP contribution in [-0.2, 0) is 19.6 Å². The maximum absolute atomic E-state index is 11.9. The van der Waals surface area contributed by atoms with Gasteiger partial charge in [0.05, 0.1) is 24.2 Å². The van der Waals surface area contributed by atoms with Gasteiger partial charge in [-0.05, 0) is 25.0 Å². The van der Waals surface area contributed by atoms with E-state index in [9.17, 15) is 13.2 Å². The lowest BCUT2D eigenvalue weighted by molar-refractivity contribution is -0.140. The molecule has 0 spiro atoms. The van der Waals surface area contributed by atoms with E-state index >= 15 is 0 Å². The number of carbonyl (C=O) groups is 1. The normalized spacial score (nSPS) is 11.1. The number of anilines is 2. The van der Waals surface area contributed by atoms with E-state index in [1.807, 2.05) is 0 Å². The van der Waals surface area contributed by atoms with E-state index in [4.69, 9.17) is 5.73 Å². The first-order chi connectivity index (χ1) is 8.85. The van der Waals surface area contributed by atoms with Gasteiger partial charge in [0.15, 0.2) is 0 Å². The highest BCUT2D eigenvalue weighted by Gasteiger charge is 2.14. The first kappa shape index (κ1) is 15.3. The van der Waals surface area contributed by atoms with Gasteiger partial charge >= 0.3 is 5.97 Å². The van der Waals surface area contributed by atoms with Crippen LogP contribution in [0, 0.1) is 6.92 Å². The fourth-order valence-corrected chi connectivity index (χ4v) is 2.76. The summed E-state index contributed by atoms with van der Waals surface area (Å²) in [5, 5.41) is 0. The number of benzene rings is 1. The van der Waals surface area contributed by atoms with Gasteiger partial charge < -0.3 is 10.5 Å². The van der Waals surface area contributed by atoms with Gasteiger partial charge in [-0.25, -0.2) is 8.42 Å². The molecule has 0 saturated heterocycles. The van der Waals surface area contributed by atoms with Crippen molar-refractivity contribution in [1.82, 2.24) is 0 Å². The van der Waals surface area contributed by atoms with Crippen LogP contribution in [0.3, 0.4) is 0 Å². The van der Waals surface area contributed by atoms with E-state index in [1.165, 1.54) is 7.11 Å². The van der Waals surface area contributed by atoms with Crippen molar-refractivity contribution in [2.24, 2.45) is 0 Å². The van der Waals surface area contributed by atoms with Gasteiger partial charge in [-0.1, -0.05) is 12.1 Å². The molecule has 1 aromatic rings. The Hall–Kier alpha value is -1.76. The SMILES string of the molecule is COC(=O)CCCS(=O)(=O)Nc1c(C)cccc1N. The Kier molecular flexibility index (Phi) is 5.17. The number of aryl methyl sites for hydroxylation is 1. The molecule has 1 aromatic carbocycles. The van der Waals surface area contributed by atoms with Crippen molar-refractivity contribution in [1.29, 1.82) is 0 Å². The Labute approximate surface area is 113 Å². The van der Waals surface area contributed by atoms with Crippen LogP contribution < -0.4 is 10.5 Å². The molecule has 0 unspecified atom stereocenters. The van der Waals surface area contributed by atoms with E-state index in [2.05, 4.69) is 9.46 Å². The van der Waals surface area contributed by atoms with Crippen LogP contribution >= 0.6 is 0 Å². The van der Waals surface area contributed by atoms with E-state index in [0.29, 0.717) is 11.4 Å². The van der Waals surface area contributed by atoms with Crippen LogP contribution in [0.1, 0.15) is 18.4 Å². The fraction of sp³-hybridized carbons (Fsp3) is 0.417. The zero-order valence-electron chi connectivity index (χ0n) is 11.0. The molecule has 6 nitrogen and oxygen atoms in total. The number of nitrogen functional groups attached to an aromatic ring is 1. The van der Waals surface area contributed by atoms with Crippen LogP contribution in [0.4, 0.5) is 11.4 Å². The molecule has 0 aromatic heterocycles. The summed E-state index contributed by atoms with van der Waals surface area (Å²) in [7, 11) is -2.25. The second kappa shape index (κ2) is 6.42. The van der Waals surface area contributed by atoms with Crippen molar-refractivity contribution in [2.45, 2.75) is 19.8 Å². The molecular weight excluding hydrogens is 268 g/mol. The number of methoxy groups -OCH3 is 1. The monoisotopic (exact) mass is 286 g/mol. The molecule has 0 bridgehead atoms. The van der Waals surface area contributed by atoms with E-state index in [0.717, 1.165) is 5.56 Å². The van der Waals surface area contributed by atoms with Gasteiger partial charge in [-0.2, -0.15) is 0 Å². The summed E-state index contributed by atoms with van der Waals surface area (Å²) in [6, 6.07) is 5.14. The van der Waals surface area contributed by atoms with Crippen LogP contribution in [0.2, 0.25) is 0 Å². The molecule has 0 aliphatic carbocycles. The molecule has 0 radical (unpaired) electrons. The summed E-state index contributed by atoms with van der Waals surface area (Å²) in [5.41, 5.74) is 7.23. The smallest absolute Gasteiger partial charge is 0.305 e. The summed E-state index contributed by atoms with van der Waals surface area (Å²) in [6.45, 7) is 1.77. The van der Waals surface area contributed by atoms with Crippen LogP contribution in [0.5, 0.6) is 0 Å². The highest BCUT2D eigenvalue weighted by atomic mass is 32.2. The summed E-state index contributed by atoms with van der Waals surface area (Å²) in [5.74, 6) is -0.582. The second-order valence-corrected chi connectivity index (χ2v) is 5.98. The molecule has 0 saturated carbocycles. The summed E-state index contributed by atoms with van der Waals surface area (Å²) >= 11 is 0. The molecule has 0 fully saturated rings. The van der Waals surface area contributed by atoms with Gasteiger partial charge in [-0.3, -0.25) is 9.52 Å². The van der Waals surface area contributed by atoms with Gasteiger partial charge in [-0.15, -0.1) is 0 Å². The number of esters is 1.